The van der Waals surface area contributed by atoms with Gasteiger partial charge in [-0.1, -0.05) is 54.3 Å². The van der Waals surface area contributed by atoms with Crippen molar-refractivity contribution < 1.29 is 14.0 Å². The van der Waals surface area contributed by atoms with Gasteiger partial charge in [0.2, 0.25) is 5.91 Å². The van der Waals surface area contributed by atoms with Gasteiger partial charge < -0.3 is 9.32 Å². The van der Waals surface area contributed by atoms with E-state index >= 15 is 0 Å². The van der Waals surface area contributed by atoms with Crippen LogP contribution in [0.5, 0.6) is 0 Å². The summed E-state index contributed by atoms with van der Waals surface area (Å²) in [6, 6.07) is 13.4. The number of rotatable bonds is 7. The topological polar surface area (TPSA) is 53.8 Å². The molecule has 0 radical (unpaired) electrons. The molecule has 3 rings (SSSR count). The van der Waals surface area contributed by atoms with E-state index in [1.54, 1.807) is 41.3 Å². The summed E-state index contributed by atoms with van der Waals surface area (Å²) in [5, 5.41) is 0. The van der Waals surface area contributed by atoms with Crippen LogP contribution in [0, 0.1) is 0 Å². The van der Waals surface area contributed by atoms with Gasteiger partial charge in [-0.3, -0.25) is 14.5 Å². The lowest BCUT2D eigenvalue weighted by Gasteiger charge is -2.18. The summed E-state index contributed by atoms with van der Waals surface area (Å²) in [6.45, 7) is 1.01. The largest absolute Gasteiger partial charge is 0.465 e. The average molecular weight is 401 g/mol. The van der Waals surface area contributed by atoms with Crippen LogP contribution in [0.2, 0.25) is 0 Å². The first-order valence-electron chi connectivity index (χ1n) is 8.61. The van der Waals surface area contributed by atoms with Gasteiger partial charge in [-0.05, 0) is 24.1 Å². The van der Waals surface area contributed by atoms with E-state index < -0.39 is 0 Å². The van der Waals surface area contributed by atoms with E-state index in [0.717, 1.165) is 5.56 Å². The Kier molecular flexibility index (Phi) is 6.47. The van der Waals surface area contributed by atoms with Crippen LogP contribution in [0.4, 0.5) is 0 Å². The van der Waals surface area contributed by atoms with Crippen molar-refractivity contribution in [2.75, 3.05) is 13.6 Å². The van der Waals surface area contributed by atoms with Crippen molar-refractivity contribution in [1.29, 1.82) is 0 Å². The van der Waals surface area contributed by atoms with Gasteiger partial charge in [-0.15, -0.1) is 0 Å². The fourth-order valence-corrected chi connectivity index (χ4v) is 4.01. The zero-order valence-corrected chi connectivity index (χ0v) is 16.6. The summed E-state index contributed by atoms with van der Waals surface area (Å²) in [4.78, 5) is 28.6. The molecule has 0 unspecified atom stereocenters. The molecule has 1 aromatic carbocycles. The molecule has 0 aliphatic carbocycles. The highest BCUT2D eigenvalue weighted by Crippen LogP contribution is 2.32. The summed E-state index contributed by atoms with van der Waals surface area (Å²) < 4.78 is 5.76. The molecule has 27 heavy (non-hydrogen) atoms. The molecule has 0 N–H and O–H groups in total. The lowest BCUT2D eigenvalue weighted by atomic mass is 10.2. The number of furan rings is 1. The third kappa shape index (κ3) is 5.08. The number of thioether (sulfide) groups is 1. The number of hydrogen-bond acceptors (Lipinski definition) is 5. The first-order chi connectivity index (χ1) is 13.0. The smallest absolute Gasteiger partial charge is 0.266 e. The Balaban J connectivity index is 1.49. The maximum absolute atomic E-state index is 12.5. The zero-order chi connectivity index (χ0) is 19.2. The van der Waals surface area contributed by atoms with Crippen molar-refractivity contribution >= 4 is 46.2 Å². The standard InChI is InChI=1S/C20H20N2O3S2/c1-21(14-15-7-3-2-4-8-15)18(23)10-5-11-22-19(24)17(27-20(22)26)13-16-9-6-12-25-16/h2-4,6-9,12-13H,5,10-11,14H2,1H3. The van der Waals surface area contributed by atoms with Crippen molar-refractivity contribution in [3.8, 4) is 0 Å². The van der Waals surface area contributed by atoms with Gasteiger partial charge in [0.05, 0.1) is 11.2 Å². The number of carbonyl (C=O) groups is 2. The maximum Gasteiger partial charge on any atom is 0.266 e. The van der Waals surface area contributed by atoms with Crippen molar-refractivity contribution in [1.82, 2.24) is 9.80 Å². The van der Waals surface area contributed by atoms with Gasteiger partial charge in [0, 0.05) is 32.6 Å². The summed E-state index contributed by atoms with van der Waals surface area (Å²) in [6.07, 6.45) is 4.19. The fraction of sp³-hybridized carbons (Fsp3) is 0.250. The van der Waals surface area contributed by atoms with E-state index in [0.29, 0.717) is 40.9 Å². The maximum atomic E-state index is 12.5. The molecule has 140 valence electrons. The van der Waals surface area contributed by atoms with E-state index in [-0.39, 0.29) is 11.8 Å². The minimum atomic E-state index is -0.133. The molecule has 1 fully saturated rings. The molecule has 0 atom stereocenters. The molecular weight excluding hydrogens is 380 g/mol. The Labute approximate surface area is 168 Å². The Morgan fingerprint density at radius 2 is 2.04 bits per heavy atom. The highest BCUT2D eigenvalue weighted by atomic mass is 32.2. The monoisotopic (exact) mass is 400 g/mol. The van der Waals surface area contributed by atoms with Crippen molar-refractivity contribution in [3.05, 3.63) is 65.0 Å². The number of amides is 2. The van der Waals surface area contributed by atoms with Crippen LogP contribution in [-0.4, -0.2) is 39.5 Å². The molecule has 7 heteroatoms. The molecule has 1 aliphatic heterocycles. The molecular formula is C20H20N2O3S2. The Hall–Kier alpha value is -2.38. The van der Waals surface area contributed by atoms with Crippen molar-refractivity contribution in [3.63, 3.8) is 0 Å². The van der Waals surface area contributed by atoms with Crippen LogP contribution in [0.3, 0.4) is 0 Å². The summed E-state index contributed by atoms with van der Waals surface area (Å²) in [5.74, 6) is 0.537. The predicted molar refractivity (Wildman–Crippen MR) is 111 cm³/mol. The number of hydrogen-bond donors (Lipinski definition) is 0. The molecule has 2 aromatic rings. The third-order valence-corrected chi connectivity index (χ3v) is 5.53. The second-order valence-electron chi connectivity index (χ2n) is 6.19. The minimum Gasteiger partial charge on any atom is -0.465 e. The summed E-state index contributed by atoms with van der Waals surface area (Å²) in [5.41, 5.74) is 1.09. The fourth-order valence-electron chi connectivity index (χ4n) is 2.72. The van der Waals surface area contributed by atoms with Gasteiger partial charge >= 0.3 is 0 Å². The normalized spacial score (nSPS) is 15.6. The Morgan fingerprint density at radius 3 is 2.74 bits per heavy atom. The second kappa shape index (κ2) is 9.01. The molecule has 1 aromatic heterocycles. The van der Waals surface area contributed by atoms with Crippen LogP contribution < -0.4 is 0 Å². The van der Waals surface area contributed by atoms with Crippen LogP contribution in [-0.2, 0) is 16.1 Å². The molecule has 2 heterocycles. The zero-order valence-electron chi connectivity index (χ0n) is 15.0. The van der Waals surface area contributed by atoms with Gasteiger partial charge in [0.1, 0.15) is 10.1 Å². The molecule has 0 saturated carbocycles. The first kappa shape index (κ1) is 19.4. The van der Waals surface area contributed by atoms with Crippen LogP contribution >= 0.6 is 24.0 Å². The molecule has 5 nitrogen and oxygen atoms in total. The van der Waals surface area contributed by atoms with E-state index in [1.165, 1.54) is 11.8 Å². The van der Waals surface area contributed by atoms with E-state index in [4.69, 9.17) is 16.6 Å². The lowest BCUT2D eigenvalue weighted by Crippen LogP contribution is -2.31. The lowest BCUT2D eigenvalue weighted by molar-refractivity contribution is -0.131. The summed E-state index contributed by atoms with van der Waals surface area (Å²) >= 11 is 6.57. The number of nitrogens with zero attached hydrogens (tertiary/aromatic N) is 2. The van der Waals surface area contributed by atoms with Gasteiger partial charge in [-0.25, -0.2) is 0 Å². The van der Waals surface area contributed by atoms with Gasteiger partial charge in [0.15, 0.2) is 0 Å². The van der Waals surface area contributed by atoms with Gasteiger partial charge in [-0.2, -0.15) is 0 Å². The molecule has 1 saturated heterocycles. The number of benzene rings is 1. The third-order valence-electron chi connectivity index (χ3n) is 4.15. The summed E-state index contributed by atoms with van der Waals surface area (Å²) in [7, 11) is 1.79. The van der Waals surface area contributed by atoms with Crippen LogP contribution in [0.15, 0.2) is 58.1 Å². The average Bonchev–Trinajstić information content (AvgIpc) is 3.26. The van der Waals surface area contributed by atoms with Crippen molar-refractivity contribution in [2.24, 2.45) is 0 Å². The van der Waals surface area contributed by atoms with Crippen LogP contribution in [0.25, 0.3) is 6.08 Å². The highest BCUT2D eigenvalue weighted by molar-refractivity contribution is 8.26. The molecule has 0 bridgehead atoms. The Bertz CT molecular complexity index is 847. The molecule has 0 spiro atoms. The molecule has 1 aliphatic rings. The van der Waals surface area contributed by atoms with E-state index in [1.807, 2.05) is 30.3 Å². The van der Waals surface area contributed by atoms with E-state index in [9.17, 15) is 9.59 Å². The number of carbonyl (C=O) groups excluding carboxylic acids is 2. The van der Waals surface area contributed by atoms with E-state index in [2.05, 4.69) is 0 Å². The Morgan fingerprint density at radius 1 is 1.26 bits per heavy atom. The first-order valence-corrected chi connectivity index (χ1v) is 9.84. The number of thiocarbonyl (C=S) groups is 1. The van der Waals surface area contributed by atoms with Crippen LogP contribution in [0.1, 0.15) is 24.2 Å². The quantitative estimate of drug-likeness (QED) is 0.521. The SMILES string of the molecule is CN(Cc1ccccc1)C(=O)CCCN1C(=O)C(=Cc2ccco2)SC1=S. The predicted octanol–water partition coefficient (Wildman–Crippen LogP) is 3.92. The molecule has 2 amide bonds. The van der Waals surface area contributed by atoms with Gasteiger partial charge in [0.25, 0.3) is 5.91 Å². The highest BCUT2D eigenvalue weighted by Gasteiger charge is 2.31. The second-order valence-corrected chi connectivity index (χ2v) is 7.86. The minimum absolute atomic E-state index is 0.0513. The van der Waals surface area contributed by atoms with Crippen molar-refractivity contribution in [2.45, 2.75) is 19.4 Å².